The lowest BCUT2D eigenvalue weighted by atomic mass is 10.1. The molecule has 0 amide bonds. The number of rotatable bonds is 49. The molecule has 6 heteroatoms. The third-order valence-corrected chi connectivity index (χ3v) is 11.5. The lowest BCUT2D eigenvalue weighted by Crippen LogP contribution is -2.30. The van der Waals surface area contributed by atoms with E-state index in [0.29, 0.717) is 19.3 Å². The van der Waals surface area contributed by atoms with Crippen LogP contribution in [0.15, 0.2) is 109 Å². The fraction of sp³-hybridized carbons (Fsp3) is 0.661. The van der Waals surface area contributed by atoms with Crippen LogP contribution in [0.25, 0.3) is 0 Å². The lowest BCUT2D eigenvalue weighted by molar-refractivity contribution is -0.167. The van der Waals surface area contributed by atoms with Crippen LogP contribution in [0, 0.1) is 0 Å². The molecule has 0 aromatic rings. The van der Waals surface area contributed by atoms with Gasteiger partial charge in [-0.05, 0) is 109 Å². The molecule has 0 saturated heterocycles. The van der Waals surface area contributed by atoms with E-state index in [4.69, 9.17) is 14.2 Å². The maximum Gasteiger partial charge on any atom is 0.306 e. The molecule has 0 N–H and O–H groups in total. The van der Waals surface area contributed by atoms with E-state index in [1.807, 2.05) is 0 Å². The van der Waals surface area contributed by atoms with Crippen molar-refractivity contribution in [2.45, 2.75) is 252 Å². The Morgan fingerprint density at radius 3 is 0.941 bits per heavy atom. The van der Waals surface area contributed by atoms with E-state index in [1.165, 1.54) is 96.3 Å². The third-order valence-electron chi connectivity index (χ3n) is 11.5. The van der Waals surface area contributed by atoms with Crippen LogP contribution in [0.2, 0.25) is 0 Å². The first-order valence-corrected chi connectivity index (χ1v) is 27.9. The minimum absolute atomic E-state index is 0.0947. The number of carbonyl (C=O) groups is 3. The molecule has 0 rings (SSSR count). The van der Waals surface area contributed by atoms with Gasteiger partial charge in [-0.1, -0.05) is 226 Å². The van der Waals surface area contributed by atoms with Gasteiger partial charge in [0.2, 0.25) is 0 Å². The number of hydrogen-bond donors (Lipinski definition) is 0. The van der Waals surface area contributed by atoms with Crippen molar-refractivity contribution in [1.29, 1.82) is 0 Å². The van der Waals surface area contributed by atoms with Gasteiger partial charge >= 0.3 is 17.9 Å². The highest BCUT2D eigenvalue weighted by Crippen LogP contribution is 2.14. The van der Waals surface area contributed by atoms with Gasteiger partial charge in [-0.15, -0.1) is 0 Å². The molecule has 0 spiro atoms. The molecule has 1 unspecified atom stereocenters. The SMILES string of the molecule is CC/C=C\C/C=C\C/C=C\C/C=C\C/C=C\C/C=C\C/C=C\C/C=C\CCCCC(=O)OCC(COC(=O)CCCCCCCC)OC(=O)CCCCCCCCC/C=C\CCCCCCCC. The van der Waals surface area contributed by atoms with Crippen molar-refractivity contribution >= 4 is 17.9 Å². The van der Waals surface area contributed by atoms with Gasteiger partial charge in [0.15, 0.2) is 6.10 Å². The molecule has 0 bridgehead atoms. The second kappa shape index (κ2) is 55.7. The normalized spacial score (nSPS) is 12.9. The lowest BCUT2D eigenvalue weighted by Gasteiger charge is -2.18. The van der Waals surface area contributed by atoms with Gasteiger partial charge < -0.3 is 14.2 Å². The first-order chi connectivity index (χ1) is 33.5. The summed E-state index contributed by atoms with van der Waals surface area (Å²) < 4.78 is 16.7. The van der Waals surface area contributed by atoms with Crippen molar-refractivity contribution in [3.63, 3.8) is 0 Å². The van der Waals surface area contributed by atoms with Gasteiger partial charge in [0, 0.05) is 19.3 Å². The maximum absolute atomic E-state index is 12.8. The zero-order valence-corrected chi connectivity index (χ0v) is 44.1. The molecule has 0 fully saturated rings. The summed E-state index contributed by atoms with van der Waals surface area (Å²) in [6, 6.07) is 0. The van der Waals surface area contributed by atoms with Crippen LogP contribution in [-0.4, -0.2) is 37.2 Å². The molecular formula is C62H102O6. The van der Waals surface area contributed by atoms with Crippen molar-refractivity contribution in [1.82, 2.24) is 0 Å². The van der Waals surface area contributed by atoms with E-state index in [1.54, 1.807) is 0 Å². The second-order valence-corrected chi connectivity index (χ2v) is 18.1. The summed E-state index contributed by atoms with van der Waals surface area (Å²) in [5.74, 6) is -0.957. The Morgan fingerprint density at radius 2 is 0.574 bits per heavy atom. The maximum atomic E-state index is 12.8. The first kappa shape index (κ1) is 64.1. The van der Waals surface area contributed by atoms with Gasteiger partial charge in [0.25, 0.3) is 0 Å². The van der Waals surface area contributed by atoms with Crippen LogP contribution in [0.1, 0.15) is 245 Å². The van der Waals surface area contributed by atoms with Crippen LogP contribution >= 0.6 is 0 Å². The zero-order valence-electron chi connectivity index (χ0n) is 44.1. The molecule has 1 atom stereocenters. The van der Waals surface area contributed by atoms with Gasteiger partial charge in [-0.2, -0.15) is 0 Å². The summed E-state index contributed by atoms with van der Waals surface area (Å²) in [5.41, 5.74) is 0. The fourth-order valence-corrected chi connectivity index (χ4v) is 7.33. The van der Waals surface area contributed by atoms with Crippen LogP contribution in [0.4, 0.5) is 0 Å². The van der Waals surface area contributed by atoms with Crippen LogP contribution in [-0.2, 0) is 28.6 Å². The van der Waals surface area contributed by atoms with Crippen LogP contribution < -0.4 is 0 Å². The zero-order chi connectivity index (χ0) is 49.3. The second-order valence-electron chi connectivity index (χ2n) is 18.1. The fourth-order valence-electron chi connectivity index (χ4n) is 7.33. The van der Waals surface area contributed by atoms with E-state index >= 15 is 0 Å². The molecule has 6 nitrogen and oxygen atoms in total. The number of unbranched alkanes of at least 4 members (excludes halogenated alkanes) is 20. The minimum atomic E-state index is -0.796. The molecule has 0 aliphatic heterocycles. The summed E-state index contributed by atoms with van der Waals surface area (Å²) in [4.78, 5) is 37.8. The Kier molecular flexibility index (Phi) is 52.4. The highest BCUT2D eigenvalue weighted by atomic mass is 16.6. The molecule has 0 radical (unpaired) electrons. The molecule has 0 saturated carbocycles. The molecule has 0 aromatic heterocycles. The van der Waals surface area contributed by atoms with Crippen LogP contribution in [0.5, 0.6) is 0 Å². The number of carbonyl (C=O) groups excluding carboxylic acids is 3. The van der Waals surface area contributed by atoms with Crippen LogP contribution in [0.3, 0.4) is 0 Å². The molecule has 0 heterocycles. The Morgan fingerprint density at radius 1 is 0.309 bits per heavy atom. The first-order valence-electron chi connectivity index (χ1n) is 27.9. The number of allylic oxidation sites excluding steroid dienone is 18. The monoisotopic (exact) mass is 943 g/mol. The highest BCUT2D eigenvalue weighted by Gasteiger charge is 2.19. The summed E-state index contributed by atoms with van der Waals surface area (Å²) >= 11 is 0. The third kappa shape index (κ3) is 53.0. The van der Waals surface area contributed by atoms with E-state index in [-0.39, 0.29) is 31.1 Å². The van der Waals surface area contributed by atoms with Crippen molar-refractivity contribution in [3.8, 4) is 0 Å². The number of hydrogen-bond acceptors (Lipinski definition) is 6. The smallest absolute Gasteiger partial charge is 0.306 e. The van der Waals surface area contributed by atoms with Crippen molar-refractivity contribution in [2.75, 3.05) is 13.2 Å². The quantitative estimate of drug-likeness (QED) is 0.0262. The standard InChI is InChI=1S/C62H102O6/c1-4-7-10-13-16-18-20-22-24-26-27-28-29-30-31-32-33-34-35-37-38-40-42-44-46-49-52-55-61(64)67-58-59(57-66-60(63)54-51-48-15-12-9-6-3)68-62(65)56-53-50-47-45-43-41-39-36-25-23-21-19-17-14-11-8-5-2/h7,10,16,18,22-25,27-28,30-31,33-34,37-38,42,44,59H,4-6,8-9,11-15,17,19-21,26,29,32,35-36,39-41,43,45-58H2,1-3H3/b10-7-,18-16-,24-22-,25-23-,28-27-,31-30-,34-33-,38-37-,44-42-. The molecule has 68 heavy (non-hydrogen) atoms. The molecule has 0 aromatic carbocycles. The number of ether oxygens (including phenoxy) is 3. The Labute approximate surface area is 419 Å². The summed E-state index contributed by atoms with van der Waals surface area (Å²) in [5, 5.41) is 0. The van der Waals surface area contributed by atoms with E-state index in [2.05, 4.69) is 130 Å². The van der Waals surface area contributed by atoms with E-state index < -0.39 is 6.10 Å². The number of esters is 3. The Hall–Kier alpha value is -3.93. The van der Waals surface area contributed by atoms with Crippen molar-refractivity contribution < 1.29 is 28.6 Å². The van der Waals surface area contributed by atoms with Gasteiger partial charge in [0.05, 0.1) is 0 Å². The topological polar surface area (TPSA) is 78.9 Å². The largest absolute Gasteiger partial charge is 0.462 e. The summed E-state index contributed by atoms with van der Waals surface area (Å²) in [7, 11) is 0. The molecular weight excluding hydrogens is 841 g/mol. The highest BCUT2D eigenvalue weighted by molar-refractivity contribution is 5.71. The van der Waals surface area contributed by atoms with Gasteiger partial charge in [0.1, 0.15) is 13.2 Å². The van der Waals surface area contributed by atoms with E-state index in [9.17, 15) is 14.4 Å². The Bertz CT molecular complexity index is 1410. The molecule has 0 aliphatic rings. The Balaban J connectivity index is 4.28. The average Bonchev–Trinajstić information content (AvgIpc) is 3.34. The van der Waals surface area contributed by atoms with Gasteiger partial charge in [-0.25, -0.2) is 0 Å². The predicted molar refractivity (Wildman–Crippen MR) is 293 cm³/mol. The minimum Gasteiger partial charge on any atom is -0.462 e. The average molecular weight is 943 g/mol. The molecule has 386 valence electrons. The van der Waals surface area contributed by atoms with Crippen molar-refractivity contribution in [2.24, 2.45) is 0 Å². The molecule has 0 aliphatic carbocycles. The summed E-state index contributed by atoms with van der Waals surface area (Å²) in [6.07, 6.45) is 75.4. The van der Waals surface area contributed by atoms with Gasteiger partial charge in [-0.3, -0.25) is 14.4 Å². The van der Waals surface area contributed by atoms with E-state index in [0.717, 1.165) is 109 Å². The predicted octanol–water partition coefficient (Wildman–Crippen LogP) is 18.7. The summed E-state index contributed by atoms with van der Waals surface area (Å²) in [6.45, 7) is 6.41. The van der Waals surface area contributed by atoms with Crippen molar-refractivity contribution in [3.05, 3.63) is 109 Å².